The van der Waals surface area contributed by atoms with Crippen LogP contribution < -0.4 is 4.74 Å². The van der Waals surface area contributed by atoms with Gasteiger partial charge >= 0.3 is 6.03 Å². The number of benzene rings is 1. The minimum Gasteiger partial charge on any atom is -0.497 e. The lowest BCUT2D eigenvalue weighted by Crippen LogP contribution is -2.46. The molecular weight excluding hydrogens is 328 g/mol. The van der Waals surface area contributed by atoms with Crippen LogP contribution >= 0.6 is 0 Å². The number of rotatable bonds is 5. The Labute approximate surface area is 155 Å². The molecule has 6 nitrogen and oxygen atoms in total. The van der Waals surface area contributed by atoms with Crippen LogP contribution in [-0.4, -0.2) is 65.2 Å². The van der Waals surface area contributed by atoms with Crippen LogP contribution in [0.3, 0.4) is 0 Å². The Balaban J connectivity index is 1.66. The van der Waals surface area contributed by atoms with Crippen molar-refractivity contribution in [1.82, 2.24) is 19.4 Å². The van der Waals surface area contributed by atoms with E-state index in [2.05, 4.69) is 16.8 Å². The fourth-order valence-electron chi connectivity index (χ4n) is 3.54. The standard InChI is InChI=1S/C20H28N4O2/c1-4-10-23-11-8-17(9-12-23)22(2)20(25)24-14-19(21-15-24)16-6-5-7-18(13-16)26-3/h5-7,13-15,17H,4,8-12H2,1-3H3. The summed E-state index contributed by atoms with van der Waals surface area (Å²) in [6, 6.07) is 7.96. The first-order valence-electron chi connectivity index (χ1n) is 9.30. The number of nitrogens with zero attached hydrogens (tertiary/aromatic N) is 4. The van der Waals surface area contributed by atoms with Gasteiger partial charge in [0.15, 0.2) is 0 Å². The van der Waals surface area contributed by atoms with Gasteiger partial charge in [0.1, 0.15) is 12.1 Å². The Morgan fingerprint density at radius 1 is 1.35 bits per heavy atom. The summed E-state index contributed by atoms with van der Waals surface area (Å²) in [4.78, 5) is 21.6. The molecule has 3 rings (SSSR count). The molecule has 1 amide bonds. The molecule has 0 saturated carbocycles. The van der Waals surface area contributed by atoms with E-state index in [0.717, 1.165) is 49.5 Å². The molecule has 1 aliphatic rings. The molecule has 0 N–H and O–H groups in total. The van der Waals surface area contributed by atoms with E-state index in [9.17, 15) is 4.79 Å². The topological polar surface area (TPSA) is 50.6 Å². The van der Waals surface area contributed by atoms with Crippen LogP contribution in [0.4, 0.5) is 4.79 Å². The Morgan fingerprint density at radius 3 is 2.81 bits per heavy atom. The van der Waals surface area contributed by atoms with Gasteiger partial charge in [-0.25, -0.2) is 9.78 Å². The second kappa shape index (κ2) is 8.36. The van der Waals surface area contributed by atoms with E-state index in [1.165, 1.54) is 6.42 Å². The predicted molar refractivity (Wildman–Crippen MR) is 103 cm³/mol. The van der Waals surface area contributed by atoms with Crippen LogP contribution in [0.2, 0.25) is 0 Å². The van der Waals surface area contributed by atoms with Crippen LogP contribution in [0.5, 0.6) is 5.75 Å². The number of imidazole rings is 1. The third-order valence-corrected chi connectivity index (χ3v) is 5.12. The molecule has 0 atom stereocenters. The molecule has 0 aliphatic carbocycles. The van der Waals surface area contributed by atoms with E-state index in [4.69, 9.17) is 4.74 Å². The number of piperidine rings is 1. The maximum atomic E-state index is 12.8. The Bertz CT molecular complexity index is 735. The monoisotopic (exact) mass is 356 g/mol. The molecule has 1 fully saturated rings. The van der Waals surface area contributed by atoms with Gasteiger partial charge < -0.3 is 14.5 Å². The number of methoxy groups -OCH3 is 1. The molecule has 0 spiro atoms. The highest BCUT2D eigenvalue weighted by Crippen LogP contribution is 2.23. The fourth-order valence-corrected chi connectivity index (χ4v) is 3.54. The molecule has 6 heteroatoms. The lowest BCUT2D eigenvalue weighted by Gasteiger charge is -2.36. The van der Waals surface area contributed by atoms with E-state index < -0.39 is 0 Å². The smallest absolute Gasteiger partial charge is 0.329 e. The van der Waals surface area contributed by atoms with Crippen LogP contribution in [0.25, 0.3) is 11.3 Å². The maximum absolute atomic E-state index is 12.8. The molecule has 26 heavy (non-hydrogen) atoms. The first kappa shape index (κ1) is 18.5. The van der Waals surface area contributed by atoms with Crippen LogP contribution in [0, 0.1) is 0 Å². The lowest BCUT2D eigenvalue weighted by molar-refractivity contribution is 0.135. The fraction of sp³-hybridized carbons (Fsp3) is 0.500. The molecule has 1 aliphatic heterocycles. The number of ether oxygens (including phenoxy) is 1. The summed E-state index contributed by atoms with van der Waals surface area (Å²) in [7, 11) is 3.54. The summed E-state index contributed by atoms with van der Waals surface area (Å²) in [5.41, 5.74) is 1.70. The number of hydrogen-bond acceptors (Lipinski definition) is 4. The Morgan fingerprint density at radius 2 is 2.12 bits per heavy atom. The average Bonchev–Trinajstić information content (AvgIpc) is 3.18. The molecule has 1 saturated heterocycles. The van der Waals surface area contributed by atoms with Gasteiger partial charge in [-0.05, 0) is 37.9 Å². The summed E-state index contributed by atoms with van der Waals surface area (Å²) >= 11 is 0. The van der Waals surface area contributed by atoms with Gasteiger partial charge in [0.05, 0.1) is 12.8 Å². The van der Waals surface area contributed by atoms with Gasteiger partial charge in [0, 0.05) is 37.9 Å². The first-order chi connectivity index (χ1) is 12.6. The van der Waals surface area contributed by atoms with Crippen molar-refractivity contribution in [3.63, 3.8) is 0 Å². The summed E-state index contributed by atoms with van der Waals surface area (Å²) in [6.07, 6.45) is 6.63. The van der Waals surface area contributed by atoms with Crippen molar-refractivity contribution in [1.29, 1.82) is 0 Å². The molecule has 2 heterocycles. The van der Waals surface area contributed by atoms with Gasteiger partial charge in [-0.15, -0.1) is 0 Å². The summed E-state index contributed by atoms with van der Waals surface area (Å²) in [5.74, 6) is 0.777. The molecule has 140 valence electrons. The largest absolute Gasteiger partial charge is 0.497 e. The SMILES string of the molecule is CCCN1CCC(N(C)C(=O)n2cnc(-c3cccc(OC)c3)c2)CC1. The Kier molecular flexibility index (Phi) is 5.93. The van der Waals surface area contributed by atoms with Crippen molar-refractivity contribution < 1.29 is 9.53 Å². The maximum Gasteiger partial charge on any atom is 0.329 e. The molecule has 0 radical (unpaired) electrons. The number of amides is 1. The second-order valence-electron chi connectivity index (χ2n) is 6.86. The van der Waals surface area contributed by atoms with Crippen molar-refractivity contribution >= 4 is 6.03 Å². The molecule has 0 bridgehead atoms. The molecule has 2 aromatic rings. The van der Waals surface area contributed by atoms with Crippen LogP contribution in [0.15, 0.2) is 36.8 Å². The number of carbonyl (C=O) groups excluding carboxylic acids is 1. The number of carbonyl (C=O) groups is 1. The second-order valence-corrected chi connectivity index (χ2v) is 6.86. The van der Waals surface area contributed by atoms with Crippen molar-refractivity contribution in [3.05, 3.63) is 36.8 Å². The summed E-state index contributed by atoms with van der Waals surface area (Å²) in [5, 5.41) is 0. The van der Waals surface area contributed by atoms with E-state index in [-0.39, 0.29) is 6.03 Å². The predicted octanol–water partition coefficient (Wildman–Crippen LogP) is 3.33. The van der Waals surface area contributed by atoms with Gasteiger partial charge in [-0.3, -0.25) is 4.57 Å². The lowest BCUT2D eigenvalue weighted by atomic mass is 10.0. The third-order valence-electron chi connectivity index (χ3n) is 5.12. The number of likely N-dealkylation sites (tertiary alicyclic amines) is 1. The first-order valence-corrected chi connectivity index (χ1v) is 9.30. The normalized spacial score (nSPS) is 15.8. The molecular formula is C20H28N4O2. The van der Waals surface area contributed by atoms with Crippen molar-refractivity contribution in [3.8, 4) is 17.0 Å². The van der Waals surface area contributed by atoms with Crippen molar-refractivity contribution in [2.24, 2.45) is 0 Å². The van der Waals surface area contributed by atoms with Gasteiger partial charge in [-0.1, -0.05) is 19.1 Å². The average molecular weight is 356 g/mol. The molecule has 1 aromatic heterocycles. The number of hydrogen-bond donors (Lipinski definition) is 0. The van der Waals surface area contributed by atoms with Gasteiger partial charge in [0.2, 0.25) is 0 Å². The Hall–Kier alpha value is -2.34. The minimum absolute atomic E-state index is 0.0272. The zero-order valence-corrected chi connectivity index (χ0v) is 15.9. The quantitative estimate of drug-likeness (QED) is 0.824. The van der Waals surface area contributed by atoms with Crippen molar-refractivity contribution in [2.45, 2.75) is 32.2 Å². The molecule has 0 unspecified atom stereocenters. The van der Waals surface area contributed by atoms with Gasteiger partial charge in [0.25, 0.3) is 0 Å². The van der Waals surface area contributed by atoms with Crippen molar-refractivity contribution in [2.75, 3.05) is 33.8 Å². The highest BCUT2D eigenvalue weighted by atomic mass is 16.5. The minimum atomic E-state index is -0.0272. The van der Waals surface area contributed by atoms with Crippen LogP contribution in [-0.2, 0) is 0 Å². The highest BCUT2D eigenvalue weighted by Gasteiger charge is 2.26. The highest BCUT2D eigenvalue weighted by molar-refractivity contribution is 5.78. The zero-order valence-electron chi connectivity index (χ0n) is 15.9. The summed E-state index contributed by atoms with van der Waals surface area (Å²) < 4.78 is 6.84. The van der Waals surface area contributed by atoms with E-state index in [1.54, 1.807) is 24.2 Å². The van der Waals surface area contributed by atoms with E-state index >= 15 is 0 Å². The van der Waals surface area contributed by atoms with E-state index in [0.29, 0.717) is 6.04 Å². The molecule has 1 aromatic carbocycles. The van der Waals surface area contributed by atoms with Crippen LogP contribution in [0.1, 0.15) is 26.2 Å². The number of aromatic nitrogens is 2. The zero-order chi connectivity index (χ0) is 18.5. The summed E-state index contributed by atoms with van der Waals surface area (Å²) in [6.45, 7) is 5.49. The third kappa shape index (κ3) is 4.07. The van der Waals surface area contributed by atoms with Gasteiger partial charge in [-0.2, -0.15) is 0 Å². The van der Waals surface area contributed by atoms with E-state index in [1.807, 2.05) is 36.2 Å².